The van der Waals surface area contributed by atoms with E-state index in [4.69, 9.17) is 20.4 Å². The summed E-state index contributed by atoms with van der Waals surface area (Å²) in [7, 11) is 0. The minimum absolute atomic E-state index is 0.0376. The van der Waals surface area contributed by atoms with E-state index in [0.717, 1.165) is 0 Å². The molecule has 0 aliphatic carbocycles. The number of aliphatic hydroxyl groups is 2. The van der Waals surface area contributed by atoms with Crippen molar-refractivity contribution in [3.63, 3.8) is 0 Å². The molecule has 0 atom stereocenters. The zero-order valence-corrected chi connectivity index (χ0v) is 14.4. The maximum Gasteiger partial charge on any atom is 0.317 e. The van der Waals surface area contributed by atoms with Gasteiger partial charge >= 0.3 is 11.9 Å². The lowest BCUT2D eigenvalue weighted by atomic mass is 10.3. The monoisotopic (exact) mass is 378 g/mol. The van der Waals surface area contributed by atoms with Gasteiger partial charge in [-0.3, -0.25) is 29.0 Å². The smallest absolute Gasteiger partial charge is 0.317 e. The molecule has 0 unspecified atom stereocenters. The highest BCUT2D eigenvalue weighted by Gasteiger charge is 2.18. The lowest BCUT2D eigenvalue weighted by Crippen LogP contribution is -2.46. The summed E-state index contributed by atoms with van der Waals surface area (Å²) in [6, 6.07) is 0. The molecule has 26 heavy (non-hydrogen) atoms. The molecule has 0 aliphatic rings. The molecule has 12 heteroatoms. The summed E-state index contributed by atoms with van der Waals surface area (Å²) in [5.41, 5.74) is 0. The number of aliphatic hydroxyl groups excluding tert-OH is 2. The molecular formula is C14H26N4O8. The number of carboxylic acids is 2. The average Bonchev–Trinajstić information content (AvgIpc) is 2.54. The highest BCUT2D eigenvalue weighted by atomic mass is 16.4. The minimum Gasteiger partial charge on any atom is -0.480 e. The quantitative estimate of drug-likeness (QED) is 0.164. The topological polar surface area (TPSA) is 180 Å². The van der Waals surface area contributed by atoms with Crippen LogP contribution in [0.5, 0.6) is 0 Å². The largest absolute Gasteiger partial charge is 0.480 e. The van der Waals surface area contributed by atoms with Gasteiger partial charge < -0.3 is 31.1 Å². The number of amides is 2. The second kappa shape index (κ2) is 13.9. The standard InChI is InChI=1S/C14H26N4O8/c19-5-1-15-11(21)7-17(9-13(23)24)3-4-18(10-14(25)26)8-12(22)16-2-6-20/h19-20H,1-10H2,(H,15,21)(H,16,22)(H,23,24)(H,25,26). The fourth-order valence-corrected chi connectivity index (χ4v) is 2.00. The van der Waals surface area contributed by atoms with E-state index in [-0.39, 0.29) is 52.5 Å². The average molecular weight is 378 g/mol. The third-order valence-corrected chi connectivity index (χ3v) is 3.05. The highest BCUT2D eigenvalue weighted by Crippen LogP contribution is 1.94. The zero-order valence-electron chi connectivity index (χ0n) is 14.4. The van der Waals surface area contributed by atoms with Gasteiger partial charge in [-0.25, -0.2) is 0 Å². The van der Waals surface area contributed by atoms with Gasteiger partial charge in [0.25, 0.3) is 0 Å². The maximum absolute atomic E-state index is 11.7. The van der Waals surface area contributed by atoms with Gasteiger partial charge in [0.05, 0.1) is 39.4 Å². The van der Waals surface area contributed by atoms with Gasteiger partial charge in [0, 0.05) is 26.2 Å². The van der Waals surface area contributed by atoms with E-state index >= 15 is 0 Å². The zero-order chi connectivity index (χ0) is 19.9. The molecular weight excluding hydrogens is 352 g/mol. The van der Waals surface area contributed by atoms with Gasteiger partial charge in [-0.2, -0.15) is 0 Å². The Hall–Kier alpha value is -2.28. The molecule has 12 nitrogen and oxygen atoms in total. The van der Waals surface area contributed by atoms with Crippen LogP contribution in [0.25, 0.3) is 0 Å². The Labute approximate surface area is 150 Å². The van der Waals surface area contributed by atoms with Gasteiger partial charge in [-0.05, 0) is 0 Å². The first-order chi connectivity index (χ1) is 12.3. The highest BCUT2D eigenvalue weighted by molar-refractivity contribution is 5.79. The first kappa shape index (κ1) is 23.7. The Morgan fingerprint density at radius 1 is 0.654 bits per heavy atom. The number of hydrogen-bond acceptors (Lipinski definition) is 8. The van der Waals surface area contributed by atoms with Crippen LogP contribution in [0.3, 0.4) is 0 Å². The molecule has 0 aromatic rings. The number of carbonyl (C=O) groups excluding carboxylic acids is 2. The third kappa shape index (κ3) is 13.1. The first-order valence-corrected chi connectivity index (χ1v) is 7.91. The van der Waals surface area contributed by atoms with Crippen LogP contribution < -0.4 is 10.6 Å². The summed E-state index contributed by atoms with van der Waals surface area (Å²) in [6.07, 6.45) is 0. The van der Waals surface area contributed by atoms with Crippen LogP contribution in [-0.4, -0.2) is 120 Å². The van der Waals surface area contributed by atoms with Gasteiger partial charge in [0.2, 0.25) is 11.8 Å². The Morgan fingerprint density at radius 3 is 1.27 bits per heavy atom. The summed E-state index contributed by atoms with van der Waals surface area (Å²) in [6.45, 7) is -1.72. The molecule has 0 radical (unpaired) electrons. The van der Waals surface area contributed by atoms with E-state index in [0.29, 0.717) is 0 Å². The first-order valence-electron chi connectivity index (χ1n) is 7.91. The number of carboxylic acid groups (broad SMARTS) is 2. The van der Waals surface area contributed by atoms with E-state index in [1.807, 2.05) is 0 Å². The molecule has 0 rings (SSSR count). The lowest BCUT2D eigenvalue weighted by molar-refractivity contribution is -0.141. The summed E-state index contributed by atoms with van der Waals surface area (Å²) in [5.74, 6) is -3.28. The molecule has 0 fully saturated rings. The summed E-state index contributed by atoms with van der Waals surface area (Å²) in [4.78, 5) is 47.7. The maximum atomic E-state index is 11.7. The van der Waals surface area contributed by atoms with Crippen molar-refractivity contribution < 1.29 is 39.6 Å². The molecule has 0 spiro atoms. The van der Waals surface area contributed by atoms with Crippen molar-refractivity contribution in [3.05, 3.63) is 0 Å². The molecule has 2 amide bonds. The van der Waals surface area contributed by atoms with E-state index in [2.05, 4.69) is 10.6 Å². The predicted molar refractivity (Wildman–Crippen MR) is 88.3 cm³/mol. The number of hydrogen-bond donors (Lipinski definition) is 6. The van der Waals surface area contributed by atoms with Crippen LogP contribution in [0.4, 0.5) is 0 Å². The van der Waals surface area contributed by atoms with E-state index < -0.39 is 36.8 Å². The molecule has 0 aromatic heterocycles. The van der Waals surface area contributed by atoms with Crippen molar-refractivity contribution in [2.45, 2.75) is 0 Å². The van der Waals surface area contributed by atoms with Crippen molar-refractivity contribution >= 4 is 23.8 Å². The molecule has 0 saturated carbocycles. The van der Waals surface area contributed by atoms with Crippen LogP contribution >= 0.6 is 0 Å². The second-order valence-corrected chi connectivity index (χ2v) is 5.36. The molecule has 0 heterocycles. The van der Waals surface area contributed by atoms with Gasteiger partial charge in [-0.15, -0.1) is 0 Å². The van der Waals surface area contributed by atoms with Crippen molar-refractivity contribution in [1.82, 2.24) is 20.4 Å². The van der Waals surface area contributed by atoms with Crippen LogP contribution in [0, 0.1) is 0 Å². The second-order valence-electron chi connectivity index (χ2n) is 5.36. The van der Waals surface area contributed by atoms with Crippen molar-refractivity contribution in [2.75, 3.05) is 65.6 Å². The molecule has 0 bridgehead atoms. The van der Waals surface area contributed by atoms with E-state index in [9.17, 15) is 19.2 Å². The Morgan fingerprint density at radius 2 is 1.00 bits per heavy atom. The van der Waals surface area contributed by atoms with Crippen LogP contribution in [0.2, 0.25) is 0 Å². The minimum atomic E-state index is -1.16. The third-order valence-electron chi connectivity index (χ3n) is 3.05. The summed E-state index contributed by atoms with van der Waals surface area (Å²) in [5, 5.41) is 39.9. The number of rotatable bonds is 15. The van der Waals surface area contributed by atoms with Gasteiger partial charge in [-0.1, -0.05) is 0 Å². The van der Waals surface area contributed by atoms with Crippen molar-refractivity contribution in [3.8, 4) is 0 Å². The summed E-state index contributed by atoms with van der Waals surface area (Å²) >= 11 is 0. The van der Waals surface area contributed by atoms with Crippen LogP contribution in [0.15, 0.2) is 0 Å². The molecule has 0 aromatic carbocycles. The number of nitrogens with one attached hydrogen (secondary N) is 2. The van der Waals surface area contributed by atoms with Crippen LogP contribution in [-0.2, 0) is 19.2 Å². The number of aliphatic carboxylic acids is 2. The molecule has 0 aliphatic heterocycles. The van der Waals surface area contributed by atoms with E-state index in [1.54, 1.807) is 0 Å². The molecule has 6 N–H and O–H groups in total. The predicted octanol–water partition coefficient (Wildman–Crippen LogP) is -4.02. The summed E-state index contributed by atoms with van der Waals surface area (Å²) < 4.78 is 0. The molecule has 0 saturated heterocycles. The Bertz CT molecular complexity index is 432. The van der Waals surface area contributed by atoms with Crippen molar-refractivity contribution in [2.24, 2.45) is 0 Å². The van der Waals surface area contributed by atoms with Crippen molar-refractivity contribution in [1.29, 1.82) is 0 Å². The lowest BCUT2D eigenvalue weighted by Gasteiger charge is -2.25. The Kier molecular flexibility index (Phi) is 12.7. The fourth-order valence-electron chi connectivity index (χ4n) is 2.00. The number of nitrogens with zero attached hydrogens (tertiary/aromatic N) is 2. The number of carbonyl (C=O) groups is 4. The van der Waals surface area contributed by atoms with E-state index in [1.165, 1.54) is 9.80 Å². The Balaban J connectivity index is 4.69. The van der Waals surface area contributed by atoms with Crippen LogP contribution in [0.1, 0.15) is 0 Å². The van der Waals surface area contributed by atoms with Gasteiger partial charge in [0.15, 0.2) is 0 Å². The molecule has 150 valence electrons. The normalized spacial score (nSPS) is 10.8. The fraction of sp³-hybridized carbons (Fsp3) is 0.714. The SMILES string of the molecule is O=C(O)CN(CCN(CC(=O)O)CC(=O)NCCO)CC(=O)NCCO. The van der Waals surface area contributed by atoms with Gasteiger partial charge in [0.1, 0.15) is 0 Å².